The van der Waals surface area contributed by atoms with Crippen LogP contribution in [0.5, 0.6) is 5.75 Å². The van der Waals surface area contributed by atoms with E-state index in [9.17, 15) is 4.79 Å². The van der Waals surface area contributed by atoms with Crippen molar-refractivity contribution in [2.24, 2.45) is 0 Å². The van der Waals surface area contributed by atoms with E-state index in [0.717, 1.165) is 55.8 Å². The monoisotopic (exact) mass is 331 g/mol. The smallest absolute Gasteiger partial charge is 0.319 e. The molecule has 5 heteroatoms. The Bertz CT molecular complexity index is 562. The number of ether oxygens (including phenoxy) is 1. The molecule has 0 bridgehead atoms. The van der Waals surface area contributed by atoms with E-state index in [1.54, 1.807) is 0 Å². The summed E-state index contributed by atoms with van der Waals surface area (Å²) in [6, 6.07) is 6.02. The lowest BCUT2D eigenvalue weighted by atomic mass is 10.1. The fourth-order valence-electron chi connectivity index (χ4n) is 3.56. The molecule has 0 aromatic heterocycles. The van der Waals surface area contributed by atoms with E-state index in [2.05, 4.69) is 22.6 Å². The fraction of sp³-hybridized carbons (Fsp3) is 0.632. The van der Waals surface area contributed by atoms with Crippen LogP contribution < -0.4 is 15.4 Å². The lowest BCUT2D eigenvalue weighted by Gasteiger charge is -2.29. The standard InChI is InChI=1S/C19H29N3O2/c1-14-17(8-5-9-18(14)24-16-6-3-4-7-16)21-19(23)20-15-10-12-22(2)13-11-15/h5,8-9,15-16H,3-4,6-7,10-13H2,1-2H3,(H2,20,21,23). The Labute approximate surface area is 144 Å². The molecule has 1 saturated carbocycles. The van der Waals surface area contributed by atoms with Crippen LogP contribution in [0.15, 0.2) is 18.2 Å². The van der Waals surface area contributed by atoms with Gasteiger partial charge in [-0.15, -0.1) is 0 Å². The van der Waals surface area contributed by atoms with Gasteiger partial charge in [0.25, 0.3) is 0 Å². The number of nitrogens with zero attached hydrogens (tertiary/aromatic N) is 1. The number of benzene rings is 1. The molecule has 0 radical (unpaired) electrons. The Hall–Kier alpha value is -1.75. The summed E-state index contributed by atoms with van der Waals surface area (Å²) in [6.45, 7) is 4.08. The molecule has 132 valence electrons. The average molecular weight is 331 g/mol. The van der Waals surface area contributed by atoms with Crippen molar-refractivity contribution < 1.29 is 9.53 Å². The highest BCUT2D eigenvalue weighted by atomic mass is 16.5. The molecule has 1 heterocycles. The van der Waals surface area contributed by atoms with Crippen molar-refractivity contribution >= 4 is 11.7 Å². The zero-order valence-electron chi connectivity index (χ0n) is 14.8. The van der Waals surface area contributed by atoms with Crippen LogP contribution in [0.3, 0.4) is 0 Å². The van der Waals surface area contributed by atoms with E-state index in [4.69, 9.17) is 4.74 Å². The van der Waals surface area contributed by atoms with Gasteiger partial charge in [-0.2, -0.15) is 0 Å². The quantitative estimate of drug-likeness (QED) is 0.887. The fourth-order valence-corrected chi connectivity index (χ4v) is 3.56. The molecule has 1 aromatic carbocycles. The van der Waals surface area contributed by atoms with Crippen LogP contribution >= 0.6 is 0 Å². The summed E-state index contributed by atoms with van der Waals surface area (Å²) in [6.07, 6.45) is 7.11. The van der Waals surface area contributed by atoms with Gasteiger partial charge in [-0.05, 0) is 77.7 Å². The number of carbonyl (C=O) groups is 1. The number of urea groups is 1. The van der Waals surface area contributed by atoms with E-state index in [1.807, 2.05) is 25.1 Å². The molecule has 0 spiro atoms. The number of likely N-dealkylation sites (tertiary alicyclic amines) is 1. The predicted molar refractivity (Wildman–Crippen MR) is 96.7 cm³/mol. The number of amides is 2. The molecule has 2 N–H and O–H groups in total. The summed E-state index contributed by atoms with van der Waals surface area (Å²) in [4.78, 5) is 14.6. The van der Waals surface area contributed by atoms with Crippen LogP contribution in [-0.2, 0) is 0 Å². The number of nitrogens with one attached hydrogen (secondary N) is 2. The maximum Gasteiger partial charge on any atom is 0.319 e. The summed E-state index contributed by atoms with van der Waals surface area (Å²) in [5.74, 6) is 0.888. The molecule has 1 aliphatic carbocycles. The molecule has 1 aromatic rings. The topological polar surface area (TPSA) is 53.6 Å². The van der Waals surface area contributed by atoms with Gasteiger partial charge >= 0.3 is 6.03 Å². The van der Waals surface area contributed by atoms with E-state index in [0.29, 0.717) is 6.10 Å². The predicted octanol–water partition coefficient (Wildman–Crippen LogP) is 3.53. The zero-order valence-corrected chi connectivity index (χ0v) is 14.8. The Morgan fingerprint density at radius 2 is 1.88 bits per heavy atom. The molecule has 5 nitrogen and oxygen atoms in total. The zero-order chi connectivity index (χ0) is 16.9. The number of hydrogen-bond acceptors (Lipinski definition) is 3. The minimum absolute atomic E-state index is 0.120. The number of piperidine rings is 1. The number of rotatable bonds is 4. The van der Waals surface area contributed by atoms with Crippen molar-refractivity contribution in [3.05, 3.63) is 23.8 Å². The summed E-state index contributed by atoms with van der Waals surface area (Å²) >= 11 is 0. The van der Waals surface area contributed by atoms with Gasteiger partial charge in [-0.1, -0.05) is 6.07 Å². The highest BCUT2D eigenvalue weighted by molar-refractivity contribution is 5.90. The molecule has 0 atom stereocenters. The van der Waals surface area contributed by atoms with Gasteiger partial charge in [0.15, 0.2) is 0 Å². The maximum absolute atomic E-state index is 12.3. The maximum atomic E-state index is 12.3. The number of hydrogen-bond donors (Lipinski definition) is 2. The summed E-state index contributed by atoms with van der Waals surface area (Å²) in [5, 5.41) is 6.08. The summed E-state index contributed by atoms with van der Waals surface area (Å²) < 4.78 is 6.11. The summed E-state index contributed by atoms with van der Waals surface area (Å²) in [5.41, 5.74) is 1.83. The minimum Gasteiger partial charge on any atom is -0.490 e. The molecule has 2 aliphatic rings. The molecular formula is C19H29N3O2. The number of carbonyl (C=O) groups excluding carboxylic acids is 1. The van der Waals surface area contributed by atoms with E-state index in [1.165, 1.54) is 12.8 Å². The third-order valence-corrected chi connectivity index (χ3v) is 5.18. The van der Waals surface area contributed by atoms with Crippen molar-refractivity contribution in [2.45, 2.75) is 57.6 Å². The van der Waals surface area contributed by atoms with Crippen LogP contribution in [0, 0.1) is 6.92 Å². The molecule has 3 rings (SSSR count). The van der Waals surface area contributed by atoms with Crippen molar-refractivity contribution in [3.8, 4) is 5.75 Å². The van der Waals surface area contributed by atoms with Gasteiger partial charge in [-0.3, -0.25) is 0 Å². The van der Waals surface area contributed by atoms with Gasteiger partial charge in [0.1, 0.15) is 5.75 Å². The Balaban J connectivity index is 1.56. The van der Waals surface area contributed by atoms with Crippen LogP contribution in [0.1, 0.15) is 44.1 Å². The second kappa shape index (κ2) is 7.88. The van der Waals surface area contributed by atoms with Gasteiger partial charge in [-0.25, -0.2) is 4.79 Å². The lowest BCUT2D eigenvalue weighted by Crippen LogP contribution is -2.44. The van der Waals surface area contributed by atoms with Gasteiger partial charge in [0.2, 0.25) is 0 Å². The first-order valence-electron chi connectivity index (χ1n) is 9.14. The van der Waals surface area contributed by atoms with E-state index >= 15 is 0 Å². The lowest BCUT2D eigenvalue weighted by molar-refractivity contribution is 0.208. The molecule has 0 unspecified atom stereocenters. The molecule has 1 saturated heterocycles. The van der Waals surface area contributed by atoms with Crippen molar-refractivity contribution in [1.82, 2.24) is 10.2 Å². The minimum atomic E-state index is -0.120. The average Bonchev–Trinajstić information content (AvgIpc) is 3.06. The van der Waals surface area contributed by atoms with Crippen molar-refractivity contribution in [1.29, 1.82) is 0 Å². The Morgan fingerprint density at radius 3 is 2.58 bits per heavy atom. The molecule has 24 heavy (non-hydrogen) atoms. The Morgan fingerprint density at radius 1 is 1.17 bits per heavy atom. The largest absolute Gasteiger partial charge is 0.490 e. The first-order chi connectivity index (χ1) is 11.6. The molecule has 1 aliphatic heterocycles. The highest BCUT2D eigenvalue weighted by Crippen LogP contribution is 2.30. The number of anilines is 1. The van der Waals surface area contributed by atoms with Gasteiger partial charge in [0, 0.05) is 17.3 Å². The third kappa shape index (κ3) is 4.41. The van der Waals surface area contributed by atoms with Crippen LogP contribution in [-0.4, -0.2) is 43.2 Å². The second-order valence-electron chi connectivity index (χ2n) is 7.13. The second-order valence-corrected chi connectivity index (χ2v) is 7.13. The van der Waals surface area contributed by atoms with Crippen molar-refractivity contribution in [3.63, 3.8) is 0 Å². The third-order valence-electron chi connectivity index (χ3n) is 5.18. The SMILES string of the molecule is Cc1c(NC(=O)NC2CCN(C)CC2)cccc1OC1CCCC1. The summed E-state index contributed by atoms with van der Waals surface area (Å²) in [7, 11) is 2.12. The van der Waals surface area contributed by atoms with Gasteiger partial charge < -0.3 is 20.3 Å². The van der Waals surface area contributed by atoms with Crippen LogP contribution in [0.25, 0.3) is 0 Å². The van der Waals surface area contributed by atoms with Crippen molar-refractivity contribution in [2.75, 3.05) is 25.5 Å². The molecule has 2 fully saturated rings. The van der Waals surface area contributed by atoms with Crippen LogP contribution in [0.4, 0.5) is 10.5 Å². The van der Waals surface area contributed by atoms with E-state index < -0.39 is 0 Å². The van der Waals surface area contributed by atoms with E-state index in [-0.39, 0.29) is 12.1 Å². The highest BCUT2D eigenvalue weighted by Gasteiger charge is 2.20. The molecular weight excluding hydrogens is 302 g/mol. The Kier molecular flexibility index (Phi) is 5.61. The molecule has 2 amide bonds. The normalized spacial score (nSPS) is 20.1. The first-order valence-corrected chi connectivity index (χ1v) is 9.14. The van der Waals surface area contributed by atoms with Crippen LogP contribution in [0.2, 0.25) is 0 Å². The first kappa shape index (κ1) is 17.1. The van der Waals surface area contributed by atoms with Gasteiger partial charge in [0.05, 0.1) is 6.10 Å².